The van der Waals surface area contributed by atoms with Crippen molar-refractivity contribution in [3.05, 3.63) is 79.7 Å². The van der Waals surface area contributed by atoms with Crippen LogP contribution in [0.4, 0.5) is 5.69 Å². The number of rotatable bonds is 7. The Morgan fingerprint density at radius 3 is 2.28 bits per heavy atom. The number of ether oxygens (including phenoxy) is 2. The van der Waals surface area contributed by atoms with Crippen LogP contribution >= 0.6 is 46.4 Å². The SMILES string of the molecule is COc1cccc(CNc2cc(Cl)c(O)c(Cl)c2)c1OCc1ccc(Cl)c(Cl)c1. The van der Waals surface area contributed by atoms with E-state index in [0.29, 0.717) is 40.4 Å². The van der Waals surface area contributed by atoms with Gasteiger partial charge in [-0.2, -0.15) is 0 Å². The summed E-state index contributed by atoms with van der Waals surface area (Å²) in [5.41, 5.74) is 2.40. The predicted molar refractivity (Wildman–Crippen MR) is 119 cm³/mol. The van der Waals surface area contributed by atoms with Crippen molar-refractivity contribution >= 4 is 52.1 Å². The van der Waals surface area contributed by atoms with E-state index >= 15 is 0 Å². The van der Waals surface area contributed by atoms with Crippen LogP contribution < -0.4 is 14.8 Å². The number of hydrogen-bond acceptors (Lipinski definition) is 4. The van der Waals surface area contributed by atoms with Gasteiger partial charge in [0.1, 0.15) is 6.61 Å². The average Bonchev–Trinajstić information content (AvgIpc) is 2.71. The standard InChI is InChI=1S/C21H17Cl4NO3/c1-28-19-4-2-3-13(10-26-14-8-17(24)20(27)18(25)9-14)21(19)29-11-12-5-6-15(22)16(23)7-12/h2-9,26-27H,10-11H2,1H3. The van der Waals surface area contributed by atoms with E-state index in [1.807, 2.05) is 24.3 Å². The van der Waals surface area contributed by atoms with Crippen LogP contribution in [0.3, 0.4) is 0 Å². The molecule has 152 valence electrons. The third-order valence-corrected chi connectivity index (χ3v) is 5.46. The highest BCUT2D eigenvalue weighted by Gasteiger charge is 2.13. The molecular formula is C21H17Cl4NO3. The van der Waals surface area contributed by atoms with Crippen LogP contribution in [0.1, 0.15) is 11.1 Å². The Morgan fingerprint density at radius 1 is 0.897 bits per heavy atom. The first-order valence-corrected chi connectivity index (χ1v) is 10.0. The number of aromatic hydroxyl groups is 1. The molecule has 4 nitrogen and oxygen atoms in total. The minimum atomic E-state index is -0.147. The molecule has 0 amide bonds. The molecule has 0 atom stereocenters. The minimum absolute atomic E-state index is 0.147. The molecule has 0 saturated carbocycles. The molecule has 2 N–H and O–H groups in total. The van der Waals surface area contributed by atoms with Crippen LogP contribution in [-0.4, -0.2) is 12.2 Å². The molecular weight excluding hydrogens is 456 g/mol. The second-order valence-electron chi connectivity index (χ2n) is 6.13. The average molecular weight is 473 g/mol. The zero-order valence-electron chi connectivity index (χ0n) is 15.3. The van der Waals surface area contributed by atoms with Crippen molar-refractivity contribution in [2.75, 3.05) is 12.4 Å². The Hall–Kier alpha value is -1.98. The number of halogens is 4. The summed E-state index contributed by atoms with van der Waals surface area (Å²) in [6.07, 6.45) is 0. The van der Waals surface area contributed by atoms with Crippen molar-refractivity contribution in [3.8, 4) is 17.2 Å². The van der Waals surface area contributed by atoms with Crippen LogP contribution in [0, 0.1) is 0 Å². The van der Waals surface area contributed by atoms with Gasteiger partial charge in [0, 0.05) is 17.8 Å². The van der Waals surface area contributed by atoms with Crippen LogP contribution in [0.15, 0.2) is 48.5 Å². The molecule has 0 aliphatic heterocycles. The maximum absolute atomic E-state index is 9.70. The summed E-state index contributed by atoms with van der Waals surface area (Å²) in [4.78, 5) is 0. The number of phenols is 1. The molecule has 8 heteroatoms. The van der Waals surface area contributed by atoms with Crippen molar-refractivity contribution in [1.29, 1.82) is 0 Å². The lowest BCUT2D eigenvalue weighted by Crippen LogP contribution is -2.05. The van der Waals surface area contributed by atoms with E-state index < -0.39 is 0 Å². The Kier molecular flexibility index (Phi) is 7.25. The maximum Gasteiger partial charge on any atom is 0.166 e. The predicted octanol–water partition coefficient (Wildman–Crippen LogP) is 7.21. The van der Waals surface area contributed by atoms with E-state index in [0.717, 1.165) is 11.1 Å². The number of phenolic OH excluding ortho intramolecular Hbond substituents is 1. The lowest BCUT2D eigenvalue weighted by atomic mass is 10.1. The Morgan fingerprint density at radius 2 is 1.62 bits per heavy atom. The summed E-state index contributed by atoms with van der Waals surface area (Å²) >= 11 is 24.0. The van der Waals surface area contributed by atoms with Gasteiger partial charge in [0.15, 0.2) is 17.2 Å². The van der Waals surface area contributed by atoms with Gasteiger partial charge in [-0.1, -0.05) is 64.6 Å². The van der Waals surface area contributed by atoms with Crippen molar-refractivity contribution in [3.63, 3.8) is 0 Å². The Labute approximate surface area is 188 Å². The number of hydrogen-bond donors (Lipinski definition) is 2. The first-order valence-electron chi connectivity index (χ1n) is 8.53. The topological polar surface area (TPSA) is 50.7 Å². The number of nitrogens with one attached hydrogen (secondary N) is 1. The lowest BCUT2D eigenvalue weighted by molar-refractivity contribution is 0.281. The highest BCUT2D eigenvalue weighted by atomic mass is 35.5. The molecule has 0 radical (unpaired) electrons. The van der Waals surface area contributed by atoms with E-state index in [1.54, 1.807) is 31.4 Å². The van der Waals surface area contributed by atoms with Gasteiger partial charge in [0.2, 0.25) is 0 Å². The van der Waals surface area contributed by atoms with Crippen molar-refractivity contribution in [2.45, 2.75) is 13.2 Å². The molecule has 0 aliphatic carbocycles. The molecule has 0 saturated heterocycles. The highest BCUT2D eigenvalue weighted by Crippen LogP contribution is 2.36. The van der Waals surface area contributed by atoms with E-state index in [2.05, 4.69) is 5.32 Å². The highest BCUT2D eigenvalue weighted by molar-refractivity contribution is 6.42. The van der Waals surface area contributed by atoms with Gasteiger partial charge in [0.25, 0.3) is 0 Å². The summed E-state index contributed by atoms with van der Waals surface area (Å²) in [7, 11) is 1.58. The fraction of sp³-hybridized carbons (Fsp3) is 0.143. The summed E-state index contributed by atoms with van der Waals surface area (Å²) in [6, 6.07) is 14.1. The van der Waals surface area contributed by atoms with Crippen LogP contribution in [0.25, 0.3) is 0 Å². The minimum Gasteiger partial charge on any atom is -0.505 e. The second kappa shape index (κ2) is 9.68. The van der Waals surface area contributed by atoms with Gasteiger partial charge < -0.3 is 19.9 Å². The van der Waals surface area contributed by atoms with E-state index in [4.69, 9.17) is 55.9 Å². The molecule has 0 aromatic heterocycles. The molecule has 0 bridgehead atoms. The normalized spacial score (nSPS) is 10.7. The third kappa shape index (κ3) is 5.34. The molecule has 3 aromatic rings. The van der Waals surface area contributed by atoms with Crippen molar-refractivity contribution < 1.29 is 14.6 Å². The smallest absolute Gasteiger partial charge is 0.166 e. The summed E-state index contributed by atoms with van der Waals surface area (Å²) in [5, 5.41) is 14.2. The number of methoxy groups -OCH3 is 1. The maximum atomic E-state index is 9.70. The van der Waals surface area contributed by atoms with Gasteiger partial charge >= 0.3 is 0 Å². The molecule has 0 heterocycles. The summed E-state index contributed by atoms with van der Waals surface area (Å²) < 4.78 is 11.5. The van der Waals surface area contributed by atoms with E-state index in [9.17, 15) is 5.11 Å². The fourth-order valence-electron chi connectivity index (χ4n) is 2.67. The second-order valence-corrected chi connectivity index (χ2v) is 7.76. The molecule has 29 heavy (non-hydrogen) atoms. The summed E-state index contributed by atoms with van der Waals surface area (Å²) in [5.74, 6) is 1.06. The zero-order valence-corrected chi connectivity index (χ0v) is 18.3. The molecule has 0 unspecified atom stereocenters. The van der Waals surface area contributed by atoms with Gasteiger partial charge in [-0.3, -0.25) is 0 Å². The molecule has 3 aromatic carbocycles. The quantitative estimate of drug-likeness (QED) is 0.357. The van der Waals surface area contributed by atoms with Crippen LogP contribution in [-0.2, 0) is 13.2 Å². The van der Waals surface area contributed by atoms with Gasteiger partial charge in [0.05, 0.1) is 27.2 Å². The van der Waals surface area contributed by atoms with Gasteiger partial charge in [-0.05, 0) is 35.9 Å². The third-order valence-electron chi connectivity index (χ3n) is 4.15. The van der Waals surface area contributed by atoms with Gasteiger partial charge in [-0.15, -0.1) is 0 Å². The van der Waals surface area contributed by atoms with Gasteiger partial charge in [-0.25, -0.2) is 0 Å². The number of benzene rings is 3. The zero-order chi connectivity index (χ0) is 21.0. The molecule has 0 aliphatic rings. The first kappa shape index (κ1) is 21.7. The first-order chi connectivity index (χ1) is 13.9. The summed E-state index contributed by atoms with van der Waals surface area (Å²) in [6.45, 7) is 0.715. The van der Waals surface area contributed by atoms with Crippen molar-refractivity contribution in [2.24, 2.45) is 0 Å². The van der Waals surface area contributed by atoms with Crippen LogP contribution in [0.5, 0.6) is 17.2 Å². The lowest BCUT2D eigenvalue weighted by Gasteiger charge is -2.16. The fourth-order valence-corrected chi connectivity index (χ4v) is 3.48. The molecule has 0 fully saturated rings. The van der Waals surface area contributed by atoms with Crippen LogP contribution in [0.2, 0.25) is 20.1 Å². The van der Waals surface area contributed by atoms with E-state index in [-0.39, 0.29) is 15.8 Å². The molecule has 0 spiro atoms. The number of para-hydroxylation sites is 1. The Bertz CT molecular complexity index is 1000. The van der Waals surface area contributed by atoms with Crippen molar-refractivity contribution in [1.82, 2.24) is 0 Å². The Balaban J connectivity index is 1.79. The monoisotopic (exact) mass is 471 g/mol. The molecule has 3 rings (SSSR count). The van der Waals surface area contributed by atoms with E-state index in [1.165, 1.54) is 0 Å². The number of anilines is 1. The largest absolute Gasteiger partial charge is 0.505 e.